The summed E-state index contributed by atoms with van der Waals surface area (Å²) in [6.45, 7) is 8.44. The number of aliphatic hydroxyl groups is 1. The molecule has 0 unspecified atom stereocenters. The maximum absolute atomic E-state index is 8.86. The van der Waals surface area contributed by atoms with E-state index in [4.69, 9.17) is 5.11 Å². The highest BCUT2D eigenvalue weighted by molar-refractivity contribution is 5.48. The largest absolute Gasteiger partial charge is 0.396 e. The Morgan fingerprint density at radius 3 is 2.30 bits per heavy atom. The molecule has 112 valence electrons. The summed E-state index contributed by atoms with van der Waals surface area (Å²) in [4.78, 5) is 5.06. The van der Waals surface area contributed by atoms with Gasteiger partial charge in [0, 0.05) is 38.5 Å². The maximum atomic E-state index is 8.86. The second kappa shape index (κ2) is 8.28. The fourth-order valence-electron chi connectivity index (χ4n) is 2.77. The number of anilines is 1. The van der Waals surface area contributed by atoms with Crippen LogP contribution < -0.4 is 4.90 Å². The van der Waals surface area contributed by atoms with Gasteiger partial charge >= 0.3 is 0 Å². The summed E-state index contributed by atoms with van der Waals surface area (Å²) in [6.07, 6.45) is 4.44. The molecule has 0 radical (unpaired) electrons. The summed E-state index contributed by atoms with van der Waals surface area (Å²) in [5.41, 5.74) is 2.66. The monoisotopic (exact) mass is 276 g/mol. The first-order chi connectivity index (χ1) is 9.83. The molecule has 1 fully saturated rings. The number of benzene rings is 1. The van der Waals surface area contributed by atoms with E-state index < -0.39 is 0 Å². The third-order valence-electron chi connectivity index (χ3n) is 4.13. The Kier molecular flexibility index (Phi) is 6.34. The van der Waals surface area contributed by atoms with Crippen LogP contribution in [0.5, 0.6) is 0 Å². The molecule has 3 heteroatoms. The van der Waals surface area contributed by atoms with Crippen LogP contribution in [0, 0.1) is 0 Å². The van der Waals surface area contributed by atoms with Crippen LogP contribution in [0.15, 0.2) is 24.3 Å². The van der Waals surface area contributed by atoms with Crippen molar-refractivity contribution in [1.29, 1.82) is 0 Å². The van der Waals surface area contributed by atoms with Crippen LogP contribution in [-0.2, 0) is 6.42 Å². The van der Waals surface area contributed by atoms with Crippen molar-refractivity contribution in [3.8, 4) is 0 Å². The number of nitrogens with zero attached hydrogens (tertiary/aromatic N) is 2. The summed E-state index contributed by atoms with van der Waals surface area (Å²) in [5, 5.41) is 8.86. The fraction of sp³-hybridized carbons (Fsp3) is 0.647. The predicted molar refractivity (Wildman–Crippen MR) is 85.4 cm³/mol. The molecule has 0 saturated carbocycles. The second-order valence-corrected chi connectivity index (χ2v) is 5.68. The van der Waals surface area contributed by atoms with Crippen molar-refractivity contribution in [2.24, 2.45) is 0 Å². The Hall–Kier alpha value is -1.06. The number of hydrogen-bond donors (Lipinski definition) is 1. The van der Waals surface area contributed by atoms with Crippen molar-refractivity contribution in [2.45, 2.75) is 32.6 Å². The predicted octanol–water partition coefficient (Wildman–Crippen LogP) is 2.53. The van der Waals surface area contributed by atoms with Crippen LogP contribution in [0.3, 0.4) is 0 Å². The number of aryl methyl sites for hydroxylation is 1. The molecule has 0 spiro atoms. The van der Waals surface area contributed by atoms with E-state index in [9.17, 15) is 0 Å². The number of aliphatic hydroxyl groups excluding tert-OH is 1. The molecule has 1 heterocycles. The standard InChI is InChI=1S/C17H28N2O/c1-2-3-10-18-11-13-19(14-12-18)17-8-6-16(7-9-17)5-4-15-20/h6-9,20H,2-5,10-15H2,1H3. The van der Waals surface area contributed by atoms with Gasteiger partial charge in [-0.15, -0.1) is 0 Å². The summed E-state index contributed by atoms with van der Waals surface area (Å²) in [6, 6.07) is 8.87. The van der Waals surface area contributed by atoms with Crippen LogP contribution in [0.1, 0.15) is 31.7 Å². The molecule has 0 atom stereocenters. The summed E-state index contributed by atoms with van der Waals surface area (Å²) < 4.78 is 0. The van der Waals surface area contributed by atoms with E-state index in [1.54, 1.807) is 0 Å². The minimum Gasteiger partial charge on any atom is -0.396 e. The first-order valence-electron chi connectivity index (χ1n) is 8.00. The van der Waals surface area contributed by atoms with E-state index in [1.807, 2.05) is 0 Å². The highest BCUT2D eigenvalue weighted by atomic mass is 16.2. The lowest BCUT2D eigenvalue weighted by molar-refractivity contribution is 0.254. The SMILES string of the molecule is CCCCN1CCN(c2ccc(CCCO)cc2)CC1. The van der Waals surface area contributed by atoms with Crippen molar-refractivity contribution in [2.75, 3.05) is 44.2 Å². The van der Waals surface area contributed by atoms with E-state index in [1.165, 1.54) is 43.7 Å². The molecular formula is C17H28N2O. The number of rotatable bonds is 7. The summed E-state index contributed by atoms with van der Waals surface area (Å²) in [5.74, 6) is 0. The number of unbranched alkanes of at least 4 members (excludes halogenated alkanes) is 1. The molecule has 0 aliphatic carbocycles. The fourth-order valence-corrected chi connectivity index (χ4v) is 2.77. The van der Waals surface area contributed by atoms with Gasteiger partial charge in [0.25, 0.3) is 0 Å². The molecule has 1 aliphatic rings. The number of hydrogen-bond acceptors (Lipinski definition) is 3. The number of piperazine rings is 1. The van der Waals surface area contributed by atoms with E-state index in [0.29, 0.717) is 0 Å². The quantitative estimate of drug-likeness (QED) is 0.829. The lowest BCUT2D eigenvalue weighted by atomic mass is 10.1. The lowest BCUT2D eigenvalue weighted by Crippen LogP contribution is -2.46. The van der Waals surface area contributed by atoms with Crippen LogP contribution in [0.4, 0.5) is 5.69 Å². The molecule has 0 aromatic heterocycles. The molecule has 1 aromatic carbocycles. The highest BCUT2D eigenvalue weighted by Gasteiger charge is 2.16. The molecule has 0 bridgehead atoms. The van der Waals surface area contributed by atoms with Gasteiger partial charge in [0.1, 0.15) is 0 Å². The van der Waals surface area contributed by atoms with Gasteiger partial charge in [-0.3, -0.25) is 4.90 Å². The van der Waals surface area contributed by atoms with Gasteiger partial charge in [-0.25, -0.2) is 0 Å². The zero-order valence-corrected chi connectivity index (χ0v) is 12.7. The Balaban J connectivity index is 1.81. The van der Waals surface area contributed by atoms with Crippen molar-refractivity contribution in [3.05, 3.63) is 29.8 Å². The van der Waals surface area contributed by atoms with Gasteiger partial charge in [0.15, 0.2) is 0 Å². The maximum Gasteiger partial charge on any atom is 0.0434 e. The van der Waals surface area contributed by atoms with E-state index in [-0.39, 0.29) is 6.61 Å². The van der Waals surface area contributed by atoms with Gasteiger partial charge in [-0.05, 0) is 43.5 Å². The Morgan fingerprint density at radius 2 is 1.70 bits per heavy atom. The van der Waals surface area contributed by atoms with Crippen molar-refractivity contribution >= 4 is 5.69 Å². The minimum atomic E-state index is 0.279. The third-order valence-corrected chi connectivity index (χ3v) is 4.13. The van der Waals surface area contributed by atoms with E-state index in [2.05, 4.69) is 41.0 Å². The van der Waals surface area contributed by atoms with Gasteiger partial charge in [0.05, 0.1) is 0 Å². The summed E-state index contributed by atoms with van der Waals surface area (Å²) >= 11 is 0. The van der Waals surface area contributed by atoms with Gasteiger partial charge < -0.3 is 10.0 Å². The Labute approximate surface area is 123 Å². The highest BCUT2D eigenvalue weighted by Crippen LogP contribution is 2.18. The van der Waals surface area contributed by atoms with Crippen molar-refractivity contribution in [1.82, 2.24) is 4.90 Å². The van der Waals surface area contributed by atoms with Crippen molar-refractivity contribution < 1.29 is 5.11 Å². The lowest BCUT2D eigenvalue weighted by Gasteiger charge is -2.36. The molecule has 1 aromatic rings. The molecule has 20 heavy (non-hydrogen) atoms. The second-order valence-electron chi connectivity index (χ2n) is 5.68. The molecule has 1 N–H and O–H groups in total. The molecule has 1 saturated heterocycles. The topological polar surface area (TPSA) is 26.7 Å². The smallest absolute Gasteiger partial charge is 0.0434 e. The van der Waals surface area contributed by atoms with Crippen LogP contribution in [-0.4, -0.2) is 49.3 Å². The first-order valence-corrected chi connectivity index (χ1v) is 8.00. The average molecular weight is 276 g/mol. The molecule has 2 rings (SSSR count). The van der Waals surface area contributed by atoms with Gasteiger partial charge in [-0.2, -0.15) is 0 Å². The summed E-state index contributed by atoms with van der Waals surface area (Å²) in [7, 11) is 0. The van der Waals surface area contributed by atoms with E-state index >= 15 is 0 Å². The zero-order valence-electron chi connectivity index (χ0n) is 12.7. The molecule has 0 amide bonds. The normalized spacial score (nSPS) is 16.6. The third kappa shape index (κ3) is 4.50. The first kappa shape index (κ1) is 15.3. The molecule has 3 nitrogen and oxygen atoms in total. The Morgan fingerprint density at radius 1 is 1.00 bits per heavy atom. The average Bonchev–Trinajstić information content (AvgIpc) is 2.52. The minimum absolute atomic E-state index is 0.279. The Bertz CT molecular complexity index is 369. The van der Waals surface area contributed by atoms with Crippen LogP contribution >= 0.6 is 0 Å². The van der Waals surface area contributed by atoms with E-state index in [0.717, 1.165) is 25.9 Å². The van der Waals surface area contributed by atoms with Gasteiger partial charge in [-0.1, -0.05) is 25.5 Å². The zero-order chi connectivity index (χ0) is 14.2. The van der Waals surface area contributed by atoms with Gasteiger partial charge in [0.2, 0.25) is 0 Å². The van der Waals surface area contributed by atoms with Crippen LogP contribution in [0.25, 0.3) is 0 Å². The molecule has 1 aliphatic heterocycles. The van der Waals surface area contributed by atoms with Crippen molar-refractivity contribution in [3.63, 3.8) is 0 Å². The molecular weight excluding hydrogens is 248 g/mol. The van der Waals surface area contributed by atoms with Crippen LogP contribution in [0.2, 0.25) is 0 Å².